The molecule has 2 aromatic rings. The first-order valence-electron chi connectivity index (χ1n) is 8.93. The first-order chi connectivity index (χ1) is 14.0. The molecule has 0 heterocycles. The van der Waals surface area contributed by atoms with E-state index in [1.54, 1.807) is 31.4 Å². The molecule has 0 saturated heterocycles. The topological polar surface area (TPSA) is 92.3 Å². The first kappa shape index (κ1) is 21.9. The van der Waals surface area contributed by atoms with Crippen molar-refractivity contribution in [2.24, 2.45) is 0 Å². The number of methoxy groups -OCH3 is 4. The fraction of sp³-hybridized carbons (Fsp3) is 0.333. The molecule has 0 aliphatic carbocycles. The van der Waals surface area contributed by atoms with Crippen molar-refractivity contribution in [2.45, 2.75) is 19.4 Å². The van der Waals surface area contributed by atoms with E-state index in [0.29, 0.717) is 29.4 Å². The van der Waals surface area contributed by atoms with Crippen molar-refractivity contribution in [1.29, 1.82) is 0 Å². The quantitative estimate of drug-likeness (QED) is 0.642. The lowest BCUT2D eigenvalue weighted by molar-refractivity contribution is -0.122. The number of hydrogen-bond acceptors (Lipinski definition) is 7. The van der Waals surface area contributed by atoms with Gasteiger partial charge in [-0.1, -0.05) is 6.92 Å². The summed E-state index contributed by atoms with van der Waals surface area (Å²) in [6.45, 7) is 1.82. The van der Waals surface area contributed by atoms with Crippen LogP contribution < -0.4 is 24.3 Å². The molecule has 156 valence electrons. The average molecular weight is 403 g/mol. The predicted octanol–water partition coefficient (Wildman–Crippen LogP) is 3.30. The van der Waals surface area contributed by atoms with Crippen LogP contribution in [-0.4, -0.2) is 46.4 Å². The molecule has 0 aliphatic heterocycles. The second-order valence-electron chi connectivity index (χ2n) is 5.92. The minimum absolute atomic E-state index is 0.137. The summed E-state index contributed by atoms with van der Waals surface area (Å²) in [5.74, 6) is 0.870. The average Bonchev–Trinajstić information content (AvgIpc) is 2.76. The molecule has 8 nitrogen and oxygen atoms in total. The number of carbonyl (C=O) groups is 2. The van der Waals surface area contributed by atoms with Gasteiger partial charge in [-0.2, -0.15) is 0 Å². The van der Waals surface area contributed by atoms with Gasteiger partial charge in [-0.15, -0.1) is 0 Å². The lowest BCUT2D eigenvalue weighted by Crippen LogP contribution is -2.33. The SMILES string of the molecule is CC[C@H](Oc1ccc(OC)cc1)C(=O)Nc1cc(OC)c(OC)cc1C(=O)OC. The van der Waals surface area contributed by atoms with Crippen molar-refractivity contribution >= 4 is 17.6 Å². The highest BCUT2D eigenvalue weighted by molar-refractivity contribution is 6.03. The van der Waals surface area contributed by atoms with Crippen LogP contribution in [0.25, 0.3) is 0 Å². The van der Waals surface area contributed by atoms with Gasteiger partial charge < -0.3 is 29.0 Å². The molecule has 1 atom stereocenters. The van der Waals surface area contributed by atoms with Crippen LogP contribution in [0.4, 0.5) is 5.69 Å². The smallest absolute Gasteiger partial charge is 0.340 e. The molecule has 2 aromatic carbocycles. The van der Waals surface area contributed by atoms with Crippen LogP contribution in [0, 0.1) is 0 Å². The molecule has 2 rings (SSSR count). The van der Waals surface area contributed by atoms with Crippen molar-refractivity contribution in [2.75, 3.05) is 33.8 Å². The number of nitrogens with one attached hydrogen (secondary N) is 1. The van der Waals surface area contributed by atoms with Gasteiger partial charge in [0.15, 0.2) is 17.6 Å². The molecule has 0 aromatic heterocycles. The summed E-state index contributed by atoms with van der Waals surface area (Å²) in [4.78, 5) is 25.0. The van der Waals surface area contributed by atoms with Gasteiger partial charge in [0.2, 0.25) is 0 Å². The van der Waals surface area contributed by atoms with Gasteiger partial charge in [-0.05, 0) is 30.7 Å². The van der Waals surface area contributed by atoms with E-state index in [-0.39, 0.29) is 11.3 Å². The Balaban J connectivity index is 2.27. The van der Waals surface area contributed by atoms with Gasteiger partial charge in [0.05, 0.1) is 39.7 Å². The van der Waals surface area contributed by atoms with Gasteiger partial charge in [0.25, 0.3) is 5.91 Å². The Morgan fingerprint density at radius 2 is 1.48 bits per heavy atom. The second kappa shape index (κ2) is 10.2. The van der Waals surface area contributed by atoms with Gasteiger partial charge in [-0.25, -0.2) is 4.79 Å². The number of ether oxygens (including phenoxy) is 5. The summed E-state index contributed by atoms with van der Waals surface area (Å²) in [5, 5.41) is 2.72. The maximum atomic E-state index is 12.8. The maximum absolute atomic E-state index is 12.8. The summed E-state index contributed by atoms with van der Waals surface area (Å²) in [7, 11) is 5.74. The van der Waals surface area contributed by atoms with Gasteiger partial charge in [0.1, 0.15) is 11.5 Å². The summed E-state index contributed by atoms with van der Waals surface area (Å²) in [6, 6.07) is 9.86. The van der Waals surface area contributed by atoms with Gasteiger partial charge in [-0.3, -0.25) is 4.79 Å². The van der Waals surface area contributed by atoms with Crippen LogP contribution in [0.15, 0.2) is 36.4 Å². The van der Waals surface area contributed by atoms with Crippen LogP contribution in [0.2, 0.25) is 0 Å². The van der Waals surface area contributed by atoms with Crippen molar-refractivity contribution in [3.8, 4) is 23.0 Å². The van der Waals surface area contributed by atoms with E-state index in [0.717, 1.165) is 0 Å². The molecule has 0 aliphatic rings. The largest absolute Gasteiger partial charge is 0.497 e. The molecular formula is C21H25NO7. The lowest BCUT2D eigenvalue weighted by Gasteiger charge is -2.19. The van der Waals surface area contributed by atoms with Crippen LogP contribution in [0.5, 0.6) is 23.0 Å². The molecular weight excluding hydrogens is 378 g/mol. The minimum atomic E-state index is -0.776. The Labute approximate surface area is 169 Å². The molecule has 1 N–H and O–H groups in total. The third-order valence-corrected chi connectivity index (χ3v) is 4.19. The first-order valence-corrected chi connectivity index (χ1v) is 8.93. The standard InChI is InChI=1S/C21H25NO7/c1-6-17(29-14-9-7-13(25-2)8-10-14)20(23)22-16-12-19(27-4)18(26-3)11-15(16)21(24)28-5/h7-12,17H,6H2,1-5H3,(H,22,23)/t17-/m0/s1. The molecule has 8 heteroatoms. The zero-order valence-electron chi connectivity index (χ0n) is 17.1. The Bertz CT molecular complexity index is 849. The Morgan fingerprint density at radius 1 is 0.897 bits per heavy atom. The number of anilines is 1. The molecule has 0 spiro atoms. The minimum Gasteiger partial charge on any atom is -0.497 e. The number of benzene rings is 2. The monoisotopic (exact) mass is 403 g/mol. The number of rotatable bonds is 9. The van der Waals surface area contributed by atoms with E-state index in [1.807, 2.05) is 6.92 Å². The van der Waals surface area contributed by atoms with E-state index in [9.17, 15) is 9.59 Å². The molecule has 0 radical (unpaired) electrons. The number of carbonyl (C=O) groups excluding carboxylic acids is 2. The van der Waals surface area contributed by atoms with E-state index >= 15 is 0 Å². The molecule has 0 unspecified atom stereocenters. The van der Waals surface area contributed by atoms with Crippen molar-refractivity contribution < 1.29 is 33.3 Å². The summed E-state index contributed by atoms with van der Waals surface area (Å²) < 4.78 is 26.2. The Morgan fingerprint density at radius 3 is 2.00 bits per heavy atom. The normalized spacial score (nSPS) is 11.2. The van der Waals surface area contributed by atoms with E-state index < -0.39 is 18.0 Å². The number of esters is 1. The van der Waals surface area contributed by atoms with Crippen LogP contribution in [0.1, 0.15) is 23.7 Å². The van der Waals surface area contributed by atoms with Crippen LogP contribution in [0.3, 0.4) is 0 Å². The summed E-state index contributed by atoms with van der Waals surface area (Å²) in [6.07, 6.45) is -0.361. The molecule has 0 bridgehead atoms. The van der Waals surface area contributed by atoms with Crippen LogP contribution >= 0.6 is 0 Å². The molecule has 0 saturated carbocycles. The lowest BCUT2D eigenvalue weighted by atomic mass is 10.1. The third-order valence-electron chi connectivity index (χ3n) is 4.19. The summed E-state index contributed by atoms with van der Waals surface area (Å²) in [5.41, 5.74) is 0.370. The molecule has 1 amide bonds. The number of amides is 1. The number of hydrogen-bond donors (Lipinski definition) is 1. The van der Waals surface area contributed by atoms with Crippen molar-refractivity contribution in [1.82, 2.24) is 0 Å². The summed E-state index contributed by atoms with van der Waals surface area (Å²) >= 11 is 0. The third kappa shape index (κ3) is 5.31. The maximum Gasteiger partial charge on any atom is 0.340 e. The van der Waals surface area contributed by atoms with Crippen molar-refractivity contribution in [3.63, 3.8) is 0 Å². The molecule has 0 fully saturated rings. The zero-order valence-corrected chi connectivity index (χ0v) is 17.1. The highest BCUT2D eigenvalue weighted by Gasteiger charge is 2.23. The highest BCUT2D eigenvalue weighted by atomic mass is 16.5. The Hall–Kier alpha value is -3.42. The zero-order chi connectivity index (χ0) is 21.4. The fourth-order valence-corrected chi connectivity index (χ4v) is 2.62. The highest BCUT2D eigenvalue weighted by Crippen LogP contribution is 2.34. The van der Waals surface area contributed by atoms with Gasteiger partial charge >= 0.3 is 5.97 Å². The van der Waals surface area contributed by atoms with Gasteiger partial charge in [0, 0.05) is 12.1 Å². The van der Waals surface area contributed by atoms with E-state index in [2.05, 4.69) is 5.32 Å². The second-order valence-corrected chi connectivity index (χ2v) is 5.92. The van der Waals surface area contributed by atoms with Crippen molar-refractivity contribution in [3.05, 3.63) is 42.0 Å². The molecule has 29 heavy (non-hydrogen) atoms. The van der Waals surface area contributed by atoms with Crippen LogP contribution in [-0.2, 0) is 9.53 Å². The predicted molar refractivity (Wildman–Crippen MR) is 107 cm³/mol. The van der Waals surface area contributed by atoms with E-state index in [4.69, 9.17) is 23.7 Å². The Kier molecular flexibility index (Phi) is 7.70. The fourth-order valence-electron chi connectivity index (χ4n) is 2.62. The van der Waals surface area contributed by atoms with E-state index in [1.165, 1.54) is 33.5 Å².